The van der Waals surface area contributed by atoms with Crippen LogP contribution in [0.1, 0.15) is 11.7 Å². The number of thioether (sulfide) groups is 1. The van der Waals surface area contributed by atoms with E-state index < -0.39 is 6.10 Å². The Bertz CT molecular complexity index is 555. The maximum Gasteiger partial charge on any atom is 0.141 e. The molecular weight excluding hydrogens is 247 g/mol. The third-order valence-electron chi connectivity index (χ3n) is 2.29. The van der Waals surface area contributed by atoms with E-state index in [4.69, 9.17) is 0 Å². The Morgan fingerprint density at radius 3 is 2.33 bits per heavy atom. The Morgan fingerprint density at radius 1 is 1.00 bits per heavy atom. The largest absolute Gasteiger partial charge is 0.376 e. The molecule has 2 aromatic rings. The Kier molecular flexibility index (Phi) is 4.40. The molecule has 2 aromatic carbocycles. The molecule has 0 fully saturated rings. The number of hydrogen-bond acceptors (Lipinski definition) is 2. The minimum Gasteiger partial charge on any atom is -0.376 e. The van der Waals surface area contributed by atoms with Crippen molar-refractivity contribution in [1.29, 1.82) is 0 Å². The summed E-state index contributed by atoms with van der Waals surface area (Å²) in [4.78, 5) is 1.02. The van der Waals surface area contributed by atoms with Crippen LogP contribution < -0.4 is 0 Å². The zero-order valence-electron chi connectivity index (χ0n) is 9.51. The number of benzene rings is 2. The van der Waals surface area contributed by atoms with Crippen LogP contribution in [0, 0.1) is 17.0 Å². The smallest absolute Gasteiger partial charge is 0.141 e. The summed E-state index contributed by atoms with van der Waals surface area (Å²) in [7, 11) is 0. The van der Waals surface area contributed by atoms with Crippen LogP contribution in [0.4, 0.5) is 4.39 Å². The summed E-state index contributed by atoms with van der Waals surface area (Å²) in [6, 6.07) is 15.4. The number of hydrogen-bond donors (Lipinski definition) is 1. The fourth-order valence-electron chi connectivity index (χ4n) is 1.36. The highest BCUT2D eigenvalue weighted by Crippen LogP contribution is 2.17. The van der Waals surface area contributed by atoms with E-state index in [0.29, 0.717) is 5.56 Å². The third-order valence-corrected chi connectivity index (χ3v) is 3.02. The van der Waals surface area contributed by atoms with Gasteiger partial charge in [0.05, 0.1) is 0 Å². The van der Waals surface area contributed by atoms with E-state index in [2.05, 4.69) is 11.2 Å². The van der Waals surface area contributed by atoms with Crippen molar-refractivity contribution in [2.75, 3.05) is 0 Å². The minimum atomic E-state index is -0.887. The molecule has 1 atom stereocenters. The van der Waals surface area contributed by atoms with Gasteiger partial charge in [-0.05, 0) is 46.8 Å². The molecule has 18 heavy (non-hydrogen) atoms. The summed E-state index contributed by atoms with van der Waals surface area (Å²) in [5.74, 6) is 2.39. The second-order valence-electron chi connectivity index (χ2n) is 3.62. The van der Waals surface area contributed by atoms with Gasteiger partial charge in [0.25, 0.3) is 0 Å². The first-order chi connectivity index (χ1) is 8.75. The molecule has 0 radical (unpaired) electrons. The Morgan fingerprint density at radius 2 is 1.67 bits per heavy atom. The van der Waals surface area contributed by atoms with E-state index in [0.717, 1.165) is 4.90 Å². The van der Waals surface area contributed by atoms with Crippen LogP contribution >= 0.6 is 11.8 Å². The van der Waals surface area contributed by atoms with Crippen LogP contribution in [-0.4, -0.2) is 5.11 Å². The lowest BCUT2D eigenvalue weighted by Crippen LogP contribution is -1.92. The molecule has 0 aliphatic rings. The molecule has 0 aliphatic carbocycles. The third kappa shape index (κ3) is 3.63. The van der Waals surface area contributed by atoms with Gasteiger partial charge in [-0.1, -0.05) is 36.3 Å². The van der Waals surface area contributed by atoms with Crippen molar-refractivity contribution >= 4 is 11.8 Å². The molecule has 1 nitrogen and oxygen atoms in total. The number of halogens is 1. The fourth-order valence-corrected chi connectivity index (χ4v) is 1.94. The lowest BCUT2D eigenvalue weighted by Gasteiger charge is -2.02. The van der Waals surface area contributed by atoms with Gasteiger partial charge in [-0.3, -0.25) is 0 Å². The molecule has 0 spiro atoms. The summed E-state index contributed by atoms with van der Waals surface area (Å²) in [5.41, 5.74) is 0.595. The first-order valence-corrected chi connectivity index (χ1v) is 6.23. The highest BCUT2D eigenvalue weighted by atomic mass is 32.2. The van der Waals surface area contributed by atoms with Crippen LogP contribution in [0.2, 0.25) is 0 Å². The molecule has 0 aromatic heterocycles. The highest BCUT2D eigenvalue weighted by molar-refractivity contribution is 8.03. The van der Waals surface area contributed by atoms with Crippen LogP contribution in [-0.2, 0) is 0 Å². The van der Waals surface area contributed by atoms with Gasteiger partial charge in [-0.15, -0.1) is 0 Å². The Labute approximate surface area is 110 Å². The summed E-state index contributed by atoms with van der Waals surface area (Å²) in [5, 5.41) is 12.6. The topological polar surface area (TPSA) is 20.2 Å². The van der Waals surface area contributed by atoms with Crippen molar-refractivity contribution in [2.24, 2.45) is 0 Å². The Hall–Kier alpha value is -1.76. The predicted molar refractivity (Wildman–Crippen MR) is 71.4 cm³/mol. The predicted octanol–water partition coefficient (Wildman–Crippen LogP) is 3.61. The molecule has 1 unspecified atom stereocenters. The quantitative estimate of drug-likeness (QED) is 0.656. The van der Waals surface area contributed by atoms with E-state index in [1.807, 2.05) is 30.3 Å². The van der Waals surface area contributed by atoms with Gasteiger partial charge in [0.15, 0.2) is 0 Å². The normalized spacial score (nSPS) is 11.4. The number of aliphatic hydroxyl groups is 1. The van der Waals surface area contributed by atoms with E-state index in [1.165, 1.54) is 36.0 Å². The molecule has 0 saturated carbocycles. The minimum absolute atomic E-state index is 0.322. The molecule has 0 heterocycles. The van der Waals surface area contributed by atoms with Crippen molar-refractivity contribution in [1.82, 2.24) is 0 Å². The van der Waals surface area contributed by atoms with Crippen molar-refractivity contribution in [3.8, 4) is 11.2 Å². The zero-order valence-corrected chi connectivity index (χ0v) is 10.3. The van der Waals surface area contributed by atoms with E-state index in [1.54, 1.807) is 0 Å². The van der Waals surface area contributed by atoms with Crippen LogP contribution in [0.15, 0.2) is 59.5 Å². The molecule has 0 amide bonds. The standard InChI is InChI=1S/C15H11FOS/c16-13-8-6-12(7-9-13)15(17)10-11-18-14-4-2-1-3-5-14/h1-9,15,17H. The van der Waals surface area contributed by atoms with Gasteiger partial charge in [-0.2, -0.15) is 0 Å². The zero-order chi connectivity index (χ0) is 12.8. The molecule has 0 aliphatic heterocycles. The summed E-state index contributed by atoms with van der Waals surface area (Å²) in [6.07, 6.45) is -0.887. The second kappa shape index (κ2) is 6.25. The van der Waals surface area contributed by atoms with Gasteiger partial charge in [0, 0.05) is 4.90 Å². The van der Waals surface area contributed by atoms with Gasteiger partial charge in [0.2, 0.25) is 0 Å². The van der Waals surface area contributed by atoms with Gasteiger partial charge >= 0.3 is 0 Å². The second-order valence-corrected chi connectivity index (χ2v) is 4.50. The summed E-state index contributed by atoms with van der Waals surface area (Å²) in [6.45, 7) is 0. The average molecular weight is 258 g/mol. The van der Waals surface area contributed by atoms with Gasteiger partial charge in [0.1, 0.15) is 11.9 Å². The molecule has 0 saturated heterocycles. The van der Waals surface area contributed by atoms with Crippen LogP contribution in [0.5, 0.6) is 0 Å². The van der Waals surface area contributed by atoms with E-state index in [9.17, 15) is 9.50 Å². The highest BCUT2D eigenvalue weighted by Gasteiger charge is 2.02. The first-order valence-electron chi connectivity index (χ1n) is 5.41. The SMILES string of the molecule is OC(C#CSc1ccccc1)c1ccc(F)cc1. The van der Waals surface area contributed by atoms with Gasteiger partial charge in [-0.25, -0.2) is 4.39 Å². The Balaban J connectivity index is 2.00. The fraction of sp³-hybridized carbons (Fsp3) is 0.0667. The molecule has 1 N–H and O–H groups in total. The van der Waals surface area contributed by atoms with Crippen LogP contribution in [0.25, 0.3) is 0 Å². The maximum absolute atomic E-state index is 12.7. The van der Waals surface area contributed by atoms with Crippen molar-refractivity contribution in [3.63, 3.8) is 0 Å². The monoisotopic (exact) mass is 258 g/mol. The summed E-state index contributed by atoms with van der Waals surface area (Å²) < 4.78 is 12.7. The van der Waals surface area contributed by atoms with Crippen LogP contribution in [0.3, 0.4) is 0 Å². The molecule has 2 rings (SSSR count). The molecule has 90 valence electrons. The molecule has 0 bridgehead atoms. The van der Waals surface area contributed by atoms with E-state index in [-0.39, 0.29) is 5.82 Å². The van der Waals surface area contributed by atoms with E-state index >= 15 is 0 Å². The molecular formula is C15H11FOS. The average Bonchev–Trinajstić information content (AvgIpc) is 2.40. The lowest BCUT2D eigenvalue weighted by atomic mass is 10.1. The van der Waals surface area contributed by atoms with Crippen molar-refractivity contribution in [3.05, 3.63) is 66.0 Å². The lowest BCUT2D eigenvalue weighted by molar-refractivity contribution is 0.238. The summed E-state index contributed by atoms with van der Waals surface area (Å²) >= 11 is 1.35. The molecule has 3 heteroatoms. The van der Waals surface area contributed by atoms with Crippen molar-refractivity contribution in [2.45, 2.75) is 11.0 Å². The first kappa shape index (κ1) is 12.7. The maximum atomic E-state index is 12.7. The van der Waals surface area contributed by atoms with Gasteiger partial charge < -0.3 is 5.11 Å². The number of aliphatic hydroxyl groups excluding tert-OH is 1. The van der Waals surface area contributed by atoms with Crippen molar-refractivity contribution < 1.29 is 9.50 Å². The number of rotatable bonds is 2.